The molecule has 5 nitrogen and oxygen atoms in total. The van der Waals surface area contributed by atoms with Crippen LogP contribution in [0.15, 0.2) is 24.3 Å². The van der Waals surface area contributed by atoms with Gasteiger partial charge in [-0.3, -0.25) is 4.79 Å². The van der Waals surface area contributed by atoms with Crippen molar-refractivity contribution in [3.63, 3.8) is 0 Å². The van der Waals surface area contributed by atoms with E-state index in [4.69, 9.17) is 26.8 Å². The van der Waals surface area contributed by atoms with Gasteiger partial charge < -0.3 is 20.3 Å². The fourth-order valence-electron chi connectivity index (χ4n) is 1.02. The van der Waals surface area contributed by atoms with E-state index in [1.807, 2.05) is 0 Å². The number of aliphatic hydroxyl groups excluding tert-OH is 1. The molecule has 0 aliphatic carbocycles. The number of carbonyl (C=O) groups excluding carboxylic acids is 1. The first-order valence-corrected chi connectivity index (χ1v) is 5.53. The van der Waals surface area contributed by atoms with Crippen LogP contribution in [0.5, 0.6) is 11.5 Å². The fraction of sp³-hybridized carbons (Fsp3) is 0.364. The molecule has 0 heterocycles. The van der Waals surface area contributed by atoms with Crippen LogP contribution in [0.1, 0.15) is 0 Å². The summed E-state index contributed by atoms with van der Waals surface area (Å²) in [7, 11) is 0. The van der Waals surface area contributed by atoms with Crippen LogP contribution in [0.3, 0.4) is 0 Å². The molecule has 0 aliphatic heterocycles. The van der Waals surface area contributed by atoms with E-state index < -0.39 is 12.0 Å². The zero-order chi connectivity index (χ0) is 12.7. The molecule has 1 aromatic carbocycles. The van der Waals surface area contributed by atoms with E-state index >= 15 is 0 Å². The predicted octanol–water partition coefficient (Wildman–Crippen LogP) is 0.529. The zero-order valence-electron chi connectivity index (χ0n) is 9.14. The third-order valence-corrected chi connectivity index (χ3v) is 2.18. The minimum atomic E-state index is -0.692. The Morgan fingerprint density at radius 2 is 1.82 bits per heavy atom. The summed E-state index contributed by atoms with van der Waals surface area (Å²) < 4.78 is 10.3. The Morgan fingerprint density at radius 1 is 1.29 bits per heavy atom. The molecule has 0 spiro atoms. The van der Waals surface area contributed by atoms with Crippen molar-refractivity contribution in [3.8, 4) is 11.5 Å². The van der Waals surface area contributed by atoms with Gasteiger partial charge in [-0.1, -0.05) is 0 Å². The van der Waals surface area contributed by atoms with Gasteiger partial charge in [0.05, 0.1) is 5.88 Å². The number of halogens is 1. The van der Waals surface area contributed by atoms with E-state index in [0.29, 0.717) is 11.5 Å². The highest BCUT2D eigenvalue weighted by atomic mass is 35.5. The zero-order valence-corrected chi connectivity index (χ0v) is 9.89. The first kappa shape index (κ1) is 13.6. The van der Waals surface area contributed by atoms with Crippen LogP contribution < -0.4 is 15.2 Å². The van der Waals surface area contributed by atoms with Gasteiger partial charge in [0.1, 0.15) is 24.2 Å². The lowest BCUT2D eigenvalue weighted by atomic mass is 10.3. The summed E-state index contributed by atoms with van der Waals surface area (Å²) in [5, 5.41) is 9.19. The van der Waals surface area contributed by atoms with Gasteiger partial charge in [-0.25, -0.2) is 0 Å². The van der Waals surface area contributed by atoms with Gasteiger partial charge in [0.15, 0.2) is 6.61 Å². The largest absolute Gasteiger partial charge is 0.491 e. The van der Waals surface area contributed by atoms with Gasteiger partial charge in [-0.05, 0) is 24.3 Å². The first-order valence-electron chi connectivity index (χ1n) is 5.00. The maximum Gasteiger partial charge on any atom is 0.255 e. The summed E-state index contributed by atoms with van der Waals surface area (Å²) in [4.78, 5) is 10.5. The highest BCUT2D eigenvalue weighted by molar-refractivity contribution is 6.18. The van der Waals surface area contributed by atoms with Gasteiger partial charge in [0, 0.05) is 0 Å². The summed E-state index contributed by atoms with van der Waals surface area (Å²) >= 11 is 5.42. The molecule has 0 aromatic heterocycles. The number of rotatable bonds is 7. The second-order valence-corrected chi connectivity index (χ2v) is 3.65. The molecular weight excluding hydrogens is 246 g/mol. The van der Waals surface area contributed by atoms with E-state index in [1.54, 1.807) is 24.3 Å². The maximum absolute atomic E-state index is 10.5. The summed E-state index contributed by atoms with van der Waals surface area (Å²) in [5.74, 6) is 0.699. The minimum absolute atomic E-state index is 0.125. The first-order chi connectivity index (χ1) is 8.11. The Balaban J connectivity index is 2.41. The molecular formula is C11H14ClNO4. The third-order valence-electron chi connectivity index (χ3n) is 1.83. The highest BCUT2D eigenvalue weighted by Gasteiger charge is 2.03. The standard InChI is InChI=1S/C11H14ClNO4/c12-5-8(14)6-16-9-1-3-10(4-2-9)17-7-11(13)15/h1-4,8,14H,5-7H2,(H2,13,15). The second kappa shape index (κ2) is 6.98. The predicted molar refractivity (Wildman–Crippen MR) is 63.4 cm³/mol. The number of carbonyl (C=O) groups is 1. The van der Waals surface area contributed by atoms with Gasteiger partial charge in [0.2, 0.25) is 0 Å². The normalized spacial score (nSPS) is 11.9. The number of aliphatic hydroxyl groups is 1. The number of hydrogen-bond acceptors (Lipinski definition) is 4. The topological polar surface area (TPSA) is 81.8 Å². The van der Waals surface area contributed by atoms with E-state index in [0.717, 1.165) is 0 Å². The van der Waals surface area contributed by atoms with Crippen LogP contribution in [0, 0.1) is 0 Å². The van der Waals surface area contributed by atoms with Gasteiger partial charge in [-0.15, -0.1) is 11.6 Å². The Hall–Kier alpha value is -1.46. The molecule has 0 saturated heterocycles. The lowest BCUT2D eigenvalue weighted by Crippen LogP contribution is -2.20. The Kier molecular flexibility index (Phi) is 5.59. The van der Waals surface area contributed by atoms with Crippen molar-refractivity contribution in [3.05, 3.63) is 24.3 Å². The Morgan fingerprint density at radius 3 is 2.29 bits per heavy atom. The number of ether oxygens (including phenoxy) is 2. The molecule has 1 aromatic rings. The number of benzene rings is 1. The SMILES string of the molecule is NC(=O)COc1ccc(OCC(O)CCl)cc1. The average Bonchev–Trinajstić information content (AvgIpc) is 2.34. The average molecular weight is 260 g/mol. The second-order valence-electron chi connectivity index (χ2n) is 3.35. The molecule has 3 N–H and O–H groups in total. The van der Waals surface area contributed by atoms with Crippen LogP contribution in [0.2, 0.25) is 0 Å². The maximum atomic E-state index is 10.5. The molecule has 1 unspecified atom stereocenters. The van der Waals surface area contributed by atoms with Crippen LogP contribution >= 0.6 is 11.6 Å². The molecule has 1 amide bonds. The molecule has 1 rings (SSSR count). The smallest absolute Gasteiger partial charge is 0.255 e. The number of hydrogen-bond donors (Lipinski definition) is 2. The van der Waals surface area contributed by atoms with Crippen molar-refractivity contribution in [2.45, 2.75) is 6.10 Å². The molecule has 0 radical (unpaired) electrons. The number of nitrogens with two attached hydrogens (primary N) is 1. The van der Waals surface area contributed by atoms with Gasteiger partial charge in [0.25, 0.3) is 5.91 Å². The van der Waals surface area contributed by atoms with Gasteiger partial charge in [-0.2, -0.15) is 0 Å². The summed E-state index contributed by atoms with van der Waals surface area (Å²) in [6.07, 6.45) is -0.692. The van der Waals surface area contributed by atoms with Crippen molar-refractivity contribution < 1.29 is 19.4 Å². The van der Waals surface area contributed by atoms with Crippen molar-refractivity contribution in [1.29, 1.82) is 0 Å². The lowest BCUT2D eigenvalue weighted by molar-refractivity contribution is -0.119. The van der Waals surface area contributed by atoms with Crippen LogP contribution in [-0.4, -0.2) is 36.2 Å². The van der Waals surface area contributed by atoms with E-state index in [2.05, 4.69) is 0 Å². The summed E-state index contributed by atoms with van der Waals surface area (Å²) in [6, 6.07) is 6.62. The molecule has 17 heavy (non-hydrogen) atoms. The van der Waals surface area contributed by atoms with Crippen LogP contribution in [-0.2, 0) is 4.79 Å². The summed E-state index contributed by atoms with van der Waals surface area (Å²) in [6.45, 7) is -0.0316. The molecule has 94 valence electrons. The fourth-order valence-corrected chi connectivity index (χ4v) is 1.11. The molecule has 6 heteroatoms. The number of primary amides is 1. The molecule has 0 fully saturated rings. The monoisotopic (exact) mass is 259 g/mol. The lowest BCUT2D eigenvalue weighted by Gasteiger charge is -2.10. The van der Waals surface area contributed by atoms with Crippen LogP contribution in [0.25, 0.3) is 0 Å². The quantitative estimate of drug-likeness (QED) is 0.700. The van der Waals surface area contributed by atoms with Gasteiger partial charge >= 0.3 is 0 Å². The van der Waals surface area contributed by atoms with E-state index in [1.165, 1.54) is 0 Å². The molecule has 0 bridgehead atoms. The van der Waals surface area contributed by atoms with Crippen molar-refractivity contribution in [1.82, 2.24) is 0 Å². The van der Waals surface area contributed by atoms with Crippen molar-refractivity contribution >= 4 is 17.5 Å². The molecule has 0 aliphatic rings. The van der Waals surface area contributed by atoms with E-state index in [9.17, 15) is 9.90 Å². The van der Waals surface area contributed by atoms with Crippen LogP contribution in [0.4, 0.5) is 0 Å². The molecule has 0 saturated carbocycles. The molecule has 1 atom stereocenters. The Bertz CT molecular complexity index is 355. The third kappa shape index (κ3) is 5.42. The Labute approximate surface area is 104 Å². The minimum Gasteiger partial charge on any atom is -0.491 e. The van der Waals surface area contributed by atoms with Crippen molar-refractivity contribution in [2.75, 3.05) is 19.1 Å². The number of amides is 1. The highest BCUT2D eigenvalue weighted by Crippen LogP contribution is 2.17. The summed E-state index contributed by atoms with van der Waals surface area (Å²) in [5.41, 5.74) is 4.94. The van der Waals surface area contributed by atoms with Crippen molar-refractivity contribution in [2.24, 2.45) is 5.73 Å². The number of alkyl halides is 1. The van der Waals surface area contributed by atoms with E-state index in [-0.39, 0.29) is 19.1 Å².